The molecule has 0 saturated heterocycles. The van der Waals surface area contributed by atoms with E-state index >= 15 is 0 Å². The van der Waals surface area contributed by atoms with Crippen molar-refractivity contribution in [3.8, 4) is 28.5 Å². The van der Waals surface area contributed by atoms with Crippen LogP contribution in [0.4, 0.5) is 0 Å². The van der Waals surface area contributed by atoms with Gasteiger partial charge in [0.1, 0.15) is 27.4 Å². The van der Waals surface area contributed by atoms with Crippen molar-refractivity contribution in [1.29, 1.82) is 0 Å². The molecule has 0 spiro atoms. The average Bonchev–Trinajstić information content (AvgIpc) is 3.45. The lowest BCUT2D eigenvalue weighted by atomic mass is 9.90. The van der Waals surface area contributed by atoms with E-state index in [0.29, 0.717) is 31.3 Å². The summed E-state index contributed by atoms with van der Waals surface area (Å²) in [7, 11) is -3.00. The van der Waals surface area contributed by atoms with Gasteiger partial charge in [0.15, 0.2) is 0 Å². The standard InChI is InChI=1S/C30H33NO7S/c1-18-12-21(36-10-5-11-39(3,34)35)13-19(2)30(18)24-7-4-6-23-22(24)8-9-26(23)38-28-15-27-25(16-31-28)20(17-37-27)14-29(32)33/h4,6-7,12-13,15-16,20,26H,5,8-11,14,17H2,1-3H3,(H,32,33)/t20?,26-/m1/s1. The van der Waals surface area contributed by atoms with E-state index in [1.54, 1.807) is 12.3 Å². The Kier molecular flexibility index (Phi) is 7.53. The second-order valence-electron chi connectivity index (χ2n) is 10.4. The van der Waals surface area contributed by atoms with Crippen LogP contribution in [0.3, 0.4) is 0 Å². The molecule has 0 fully saturated rings. The summed E-state index contributed by atoms with van der Waals surface area (Å²) in [5.74, 6) is 0.922. The maximum absolute atomic E-state index is 11.4. The first-order valence-corrected chi connectivity index (χ1v) is 15.2. The summed E-state index contributed by atoms with van der Waals surface area (Å²) in [5.41, 5.74) is 7.75. The predicted octanol–water partition coefficient (Wildman–Crippen LogP) is 5.20. The van der Waals surface area contributed by atoms with E-state index in [9.17, 15) is 13.2 Å². The zero-order valence-corrected chi connectivity index (χ0v) is 23.2. The molecule has 0 amide bonds. The van der Waals surface area contributed by atoms with E-state index in [1.165, 1.54) is 22.9 Å². The molecule has 1 N–H and O–H groups in total. The molecular formula is C30H33NO7S. The molecule has 206 valence electrons. The molecule has 1 unspecified atom stereocenters. The van der Waals surface area contributed by atoms with E-state index in [2.05, 4.69) is 37.0 Å². The molecule has 1 aliphatic heterocycles. The summed E-state index contributed by atoms with van der Waals surface area (Å²) < 4.78 is 40.6. The maximum atomic E-state index is 11.4. The van der Waals surface area contributed by atoms with E-state index in [1.807, 2.05) is 12.1 Å². The van der Waals surface area contributed by atoms with Gasteiger partial charge < -0.3 is 19.3 Å². The van der Waals surface area contributed by atoms with Gasteiger partial charge in [-0.25, -0.2) is 13.4 Å². The minimum Gasteiger partial charge on any atom is -0.494 e. The highest BCUT2D eigenvalue weighted by Gasteiger charge is 2.30. The van der Waals surface area contributed by atoms with Crippen molar-refractivity contribution in [2.75, 3.05) is 25.2 Å². The van der Waals surface area contributed by atoms with Gasteiger partial charge in [-0.2, -0.15) is 0 Å². The lowest BCUT2D eigenvalue weighted by Gasteiger charge is -2.18. The van der Waals surface area contributed by atoms with Crippen molar-refractivity contribution in [2.24, 2.45) is 0 Å². The second-order valence-corrected chi connectivity index (χ2v) is 12.7. The number of aryl methyl sites for hydroxylation is 2. The van der Waals surface area contributed by atoms with Gasteiger partial charge >= 0.3 is 5.97 Å². The Hall–Kier alpha value is -3.59. The highest BCUT2D eigenvalue weighted by atomic mass is 32.2. The van der Waals surface area contributed by atoms with Crippen molar-refractivity contribution >= 4 is 15.8 Å². The van der Waals surface area contributed by atoms with Crippen LogP contribution in [0.2, 0.25) is 0 Å². The minimum atomic E-state index is -3.00. The number of aromatic nitrogens is 1. The van der Waals surface area contributed by atoms with Crippen LogP contribution >= 0.6 is 0 Å². The maximum Gasteiger partial charge on any atom is 0.304 e. The summed E-state index contributed by atoms with van der Waals surface area (Å²) >= 11 is 0. The highest BCUT2D eigenvalue weighted by Crippen LogP contribution is 2.43. The van der Waals surface area contributed by atoms with Crippen LogP contribution < -0.4 is 14.2 Å². The van der Waals surface area contributed by atoms with E-state index in [-0.39, 0.29) is 24.2 Å². The van der Waals surface area contributed by atoms with Crippen LogP contribution in [0, 0.1) is 13.8 Å². The summed E-state index contributed by atoms with van der Waals surface area (Å²) in [6, 6.07) is 12.1. The Balaban J connectivity index is 1.33. The van der Waals surface area contributed by atoms with Gasteiger partial charge in [0.2, 0.25) is 5.88 Å². The lowest BCUT2D eigenvalue weighted by molar-refractivity contribution is -0.137. The largest absolute Gasteiger partial charge is 0.494 e. The third-order valence-corrected chi connectivity index (χ3v) is 8.38. The number of ether oxygens (including phenoxy) is 3. The number of hydrogen-bond donors (Lipinski definition) is 1. The molecule has 0 radical (unpaired) electrons. The molecule has 0 bridgehead atoms. The Labute approximate surface area is 228 Å². The quantitative estimate of drug-likeness (QED) is 0.343. The summed E-state index contributed by atoms with van der Waals surface area (Å²) in [4.78, 5) is 15.6. The monoisotopic (exact) mass is 551 g/mol. The molecule has 2 heterocycles. The summed E-state index contributed by atoms with van der Waals surface area (Å²) in [6.45, 7) is 4.83. The van der Waals surface area contributed by atoms with Crippen molar-refractivity contribution in [1.82, 2.24) is 4.98 Å². The Morgan fingerprint density at radius 1 is 1.15 bits per heavy atom. The van der Waals surface area contributed by atoms with Crippen LogP contribution in [0.25, 0.3) is 11.1 Å². The highest BCUT2D eigenvalue weighted by molar-refractivity contribution is 7.90. The van der Waals surface area contributed by atoms with Gasteiger partial charge in [-0.1, -0.05) is 18.2 Å². The van der Waals surface area contributed by atoms with Crippen molar-refractivity contribution in [3.63, 3.8) is 0 Å². The molecular weight excluding hydrogens is 518 g/mol. The number of sulfone groups is 1. The number of nitrogens with zero attached hydrogens (tertiary/aromatic N) is 1. The third-order valence-electron chi connectivity index (χ3n) is 7.35. The molecule has 1 aliphatic carbocycles. The minimum absolute atomic E-state index is 0.0166. The van der Waals surface area contributed by atoms with Crippen molar-refractivity contribution in [2.45, 2.75) is 51.6 Å². The van der Waals surface area contributed by atoms with Gasteiger partial charge in [-0.15, -0.1) is 0 Å². The molecule has 9 heteroatoms. The van der Waals surface area contributed by atoms with Gasteiger partial charge in [0.05, 0.1) is 25.4 Å². The summed E-state index contributed by atoms with van der Waals surface area (Å²) in [5, 5.41) is 9.13. The average molecular weight is 552 g/mol. The van der Waals surface area contributed by atoms with Crippen molar-refractivity contribution in [3.05, 3.63) is 70.4 Å². The van der Waals surface area contributed by atoms with Crippen LogP contribution in [0.15, 0.2) is 42.6 Å². The number of fused-ring (bicyclic) bond motifs is 2. The van der Waals surface area contributed by atoms with Gasteiger partial charge in [0, 0.05) is 30.0 Å². The molecule has 1 aromatic heterocycles. The Morgan fingerprint density at radius 2 is 1.92 bits per heavy atom. The molecule has 8 nitrogen and oxygen atoms in total. The van der Waals surface area contributed by atoms with Crippen LogP contribution in [-0.4, -0.2) is 49.7 Å². The number of carbonyl (C=O) groups is 1. The Bertz CT molecular complexity index is 1490. The number of rotatable bonds is 10. The fraction of sp³-hybridized carbons (Fsp3) is 0.400. The topological polar surface area (TPSA) is 112 Å². The number of pyridine rings is 1. The van der Waals surface area contributed by atoms with Gasteiger partial charge in [-0.3, -0.25) is 4.79 Å². The van der Waals surface area contributed by atoms with Crippen molar-refractivity contribution < 1.29 is 32.5 Å². The molecule has 3 aromatic rings. The second kappa shape index (κ2) is 10.9. The number of aliphatic carboxylic acids is 1. The van der Waals surface area contributed by atoms with Crippen LogP contribution in [0.1, 0.15) is 59.1 Å². The SMILES string of the molecule is Cc1cc(OCCCS(C)(=O)=O)cc(C)c1-c1cccc2c1CC[C@H]2Oc1cc2c(cn1)C(CC(=O)O)CO2. The molecule has 2 atom stereocenters. The van der Waals surface area contributed by atoms with Crippen LogP contribution in [-0.2, 0) is 21.1 Å². The number of carboxylic acids is 1. The lowest BCUT2D eigenvalue weighted by Crippen LogP contribution is -2.08. The third kappa shape index (κ3) is 6.03. The van der Waals surface area contributed by atoms with E-state index in [4.69, 9.17) is 19.3 Å². The fourth-order valence-electron chi connectivity index (χ4n) is 5.65. The zero-order chi connectivity index (χ0) is 27.7. The first-order valence-electron chi connectivity index (χ1n) is 13.1. The molecule has 0 saturated carbocycles. The first kappa shape index (κ1) is 27.0. The molecule has 39 heavy (non-hydrogen) atoms. The predicted molar refractivity (Wildman–Crippen MR) is 148 cm³/mol. The first-order chi connectivity index (χ1) is 18.6. The zero-order valence-electron chi connectivity index (χ0n) is 22.4. The van der Waals surface area contributed by atoms with Crippen LogP contribution in [0.5, 0.6) is 17.4 Å². The smallest absolute Gasteiger partial charge is 0.304 e. The summed E-state index contributed by atoms with van der Waals surface area (Å²) in [6.07, 6.45) is 4.95. The molecule has 2 aromatic carbocycles. The number of hydrogen-bond acceptors (Lipinski definition) is 7. The van der Waals surface area contributed by atoms with E-state index < -0.39 is 15.8 Å². The normalized spacial score (nSPS) is 17.8. The van der Waals surface area contributed by atoms with Gasteiger partial charge in [-0.05, 0) is 78.6 Å². The van der Waals surface area contributed by atoms with E-state index in [0.717, 1.165) is 40.8 Å². The molecule has 2 aliphatic rings. The fourth-order valence-corrected chi connectivity index (χ4v) is 6.29. The van der Waals surface area contributed by atoms with Gasteiger partial charge in [0.25, 0.3) is 0 Å². The number of benzene rings is 2. The number of carboxylic acid groups (broad SMARTS) is 1. The molecule has 5 rings (SSSR count). The Morgan fingerprint density at radius 3 is 2.64 bits per heavy atom.